The summed E-state index contributed by atoms with van der Waals surface area (Å²) in [6.45, 7) is 10.5. The Morgan fingerprint density at radius 3 is 2.57 bits per heavy atom. The van der Waals surface area contributed by atoms with Crippen molar-refractivity contribution >= 4 is 33.2 Å². The smallest absolute Gasteiger partial charge is 0.159 e. The molecule has 1 aromatic heterocycles. The molecule has 0 spiro atoms. The largest absolute Gasteiger partial charge is 0.339 e. The van der Waals surface area contributed by atoms with Gasteiger partial charge >= 0.3 is 0 Å². The Morgan fingerprint density at radius 1 is 1.00 bits per heavy atom. The van der Waals surface area contributed by atoms with Crippen LogP contribution in [0.3, 0.4) is 0 Å². The molecular weight excluding hydrogens is 344 g/mol. The summed E-state index contributed by atoms with van der Waals surface area (Å²) in [5, 5.41) is 2.57. The molecule has 0 amide bonds. The third kappa shape index (κ3) is 2.80. The van der Waals surface area contributed by atoms with E-state index in [0.29, 0.717) is 0 Å². The number of nitrogens with zero attached hydrogens (tertiary/aromatic N) is 2. The molecule has 0 unspecified atom stereocenters. The first-order valence-corrected chi connectivity index (χ1v) is 10.6. The van der Waals surface area contributed by atoms with Crippen molar-refractivity contribution in [1.82, 2.24) is 9.47 Å². The number of fused-ring (bicyclic) bond motifs is 5. The van der Waals surface area contributed by atoms with E-state index in [1.54, 1.807) is 6.92 Å². The summed E-state index contributed by atoms with van der Waals surface area (Å²) < 4.78 is 2.48. The predicted octanol–water partition coefficient (Wildman–Crippen LogP) is 5.44. The van der Waals surface area contributed by atoms with Gasteiger partial charge in [-0.05, 0) is 86.7 Å². The fourth-order valence-electron chi connectivity index (χ4n) is 5.15. The van der Waals surface area contributed by atoms with Gasteiger partial charge in [-0.25, -0.2) is 0 Å². The zero-order valence-corrected chi connectivity index (χ0v) is 16.8. The van der Waals surface area contributed by atoms with Crippen molar-refractivity contribution in [2.75, 3.05) is 19.6 Å². The molecule has 0 N–H and O–H groups in total. The van der Waals surface area contributed by atoms with Gasteiger partial charge in [0, 0.05) is 40.5 Å². The second-order valence-corrected chi connectivity index (χ2v) is 8.43. The van der Waals surface area contributed by atoms with Crippen LogP contribution in [0.4, 0.5) is 0 Å². The summed E-state index contributed by atoms with van der Waals surface area (Å²) in [7, 11) is 0. The second-order valence-electron chi connectivity index (χ2n) is 8.43. The minimum Gasteiger partial charge on any atom is -0.339 e. The summed E-state index contributed by atoms with van der Waals surface area (Å²) in [5.41, 5.74) is 7.34. The summed E-state index contributed by atoms with van der Waals surface area (Å²) in [6, 6.07) is 10.8. The van der Waals surface area contributed by atoms with Gasteiger partial charge in [0.15, 0.2) is 5.78 Å². The standard InChI is InChI=1S/C25H28N2O/c1-17-6-8-21-20(17)9-11-24-25(21)22-16-19(18(2)28)7-10-23(22)27(24)15-14-26-12-4-3-5-13-26/h7,9-11,16H,1,3-6,8,12-15H2,2H3. The molecule has 2 aliphatic rings. The van der Waals surface area contributed by atoms with Crippen LogP contribution in [-0.2, 0) is 13.0 Å². The number of aryl methyl sites for hydroxylation is 1. The first kappa shape index (κ1) is 17.7. The number of ketones is 1. The molecule has 1 saturated heterocycles. The normalized spacial score (nSPS) is 17.5. The zero-order valence-electron chi connectivity index (χ0n) is 16.8. The van der Waals surface area contributed by atoms with Crippen molar-refractivity contribution in [3.63, 3.8) is 0 Å². The van der Waals surface area contributed by atoms with Crippen LogP contribution in [0.1, 0.15) is 54.1 Å². The van der Waals surface area contributed by atoms with E-state index in [1.165, 1.54) is 70.9 Å². The SMILES string of the molecule is C=C1CCc2c1ccc1c2c2cc(C(C)=O)ccc2n1CCN1CCCCC1. The third-order valence-electron chi connectivity index (χ3n) is 6.69. The molecule has 3 nitrogen and oxygen atoms in total. The van der Waals surface area contributed by atoms with E-state index in [4.69, 9.17) is 0 Å². The zero-order chi connectivity index (χ0) is 19.3. The number of piperidine rings is 1. The number of Topliss-reactive ketones (excluding diaryl/α,β-unsaturated/α-hetero) is 1. The van der Waals surface area contributed by atoms with Crippen LogP contribution in [0, 0.1) is 0 Å². The summed E-state index contributed by atoms with van der Waals surface area (Å²) in [6.07, 6.45) is 6.12. The number of hydrogen-bond donors (Lipinski definition) is 0. The molecule has 0 atom stereocenters. The number of carbonyl (C=O) groups is 1. The van der Waals surface area contributed by atoms with Gasteiger partial charge in [0.1, 0.15) is 0 Å². The van der Waals surface area contributed by atoms with Gasteiger partial charge in [0.25, 0.3) is 0 Å². The molecule has 0 saturated carbocycles. The van der Waals surface area contributed by atoms with Crippen molar-refractivity contribution in [3.05, 3.63) is 53.6 Å². The van der Waals surface area contributed by atoms with Crippen LogP contribution in [-0.4, -0.2) is 34.9 Å². The molecule has 1 aliphatic heterocycles. The molecular formula is C25H28N2O. The average Bonchev–Trinajstić information content (AvgIpc) is 3.24. The van der Waals surface area contributed by atoms with E-state index >= 15 is 0 Å². The van der Waals surface area contributed by atoms with Gasteiger partial charge in [-0.3, -0.25) is 4.79 Å². The highest BCUT2D eigenvalue weighted by Gasteiger charge is 2.22. The number of hydrogen-bond acceptors (Lipinski definition) is 2. The van der Waals surface area contributed by atoms with Crippen LogP contribution in [0.2, 0.25) is 0 Å². The van der Waals surface area contributed by atoms with E-state index in [1.807, 2.05) is 6.07 Å². The average molecular weight is 373 g/mol. The summed E-state index contributed by atoms with van der Waals surface area (Å²) in [4.78, 5) is 14.6. The van der Waals surface area contributed by atoms with Gasteiger partial charge in [0.05, 0.1) is 0 Å². The van der Waals surface area contributed by atoms with Gasteiger partial charge in [0.2, 0.25) is 0 Å². The number of benzene rings is 2. The van der Waals surface area contributed by atoms with E-state index in [-0.39, 0.29) is 5.78 Å². The maximum atomic E-state index is 12.0. The van der Waals surface area contributed by atoms with Crippen molar-refractivity contribution in [1.29, 1.82) is 0 Å². The fraction of sp³-hybridized carbons (Fsp3) is 0.400. The van der Waals surface area contributed by atoms with Gasteiger partial charge in [-0.1, -0.05) is 19.1 Å². The Labute approximate surface area is 166 Å². The number of likely N-dealkylation sites (tertiary alicyclic amines) is 1. The van der Waals surface area contributed by atoms with E-state index in [0.717, 1.165) is 31.5 Å². The van der Waals surface area contributed by atoms with E-state index in [9.17, 15) is 4.79 Å². The Hall–Kier alpha value is -2.39. The summed E-state index contributed by atoms with van der Waals surface area (Å²) >= 11 is 0. The van der Waals surface area contributed by atoms with Crippen LogP contribution in [0.25, 0.3) is 27.4 Å². The number of carbonyl (C=O) groups excluding carboxylic acids is 1. The quantitative estimate of drug-likeness (QED) is 0.570. The maximum absolute atomic E-state index is 12.0. The highest BCUT2D eigenvalue weighted by molar-refractivity contribution is 6.13. The van der Waals surface area contributed by atoms with Crippen LogP contribution in [0.15, 0.2) is 36.9 Å². The molecule has 1 fully saturated rings. The van der Waals surface area contributed by atoms with Crippen LogP contribution in [0.5, 0.6) is 0 Å². The highest BCUT2D eigenvalue weighted by atomic mass is 16.1. The third-order valence-corrected chi connectivity index (χ3v) is 6.69. The number of aromatic nitrogens is 1. The minimum atomic E-state index is 0.133. The lowest BCUT2D eigenvalue weighted by molar-refractivity contribution is 0.101. The number of rotatable bonds is 4. The fourth-order valence-corrected chi connectivity index (χ4v) is 5.15. The molecule has 5 rings (SSSR count). The Bertz CT molecular complexity index is 1100. The van der Waals surface area contributed by atoms with Gasteiger partial charge in [-0.2, -0.15) is 0 Å². The number of allylic oxidation sites excluding steroid dienone is 1. The summed E-state index contributed by atoms with van der Waals surface area (Å²) in [5.74, 6) is 0.133. The maximum Gasteiger partial charge on any atom is 0.159 e. The second kappa shape index (κ2) is 6.89. The Balaban J connectivity index is 1.67. The molecule has 3 aromatic rings. The van der Waals surface area contributed by atoms with Crippen LogP contribution >= 0.6 is 0 Å². The molecule has 0 bridgehead atoms. The Morgan fingerprint density at radius 2 is 1.79 bits per heavy atom. The topological polar surface area (TPSA) is 25.2 Å². The lowest BCUT2D eigenvalue weighted by atomic mass is 10.0. The molecule has 144 valence electrons. The monoisotopic (exact) mass is 372 g/mol. The molecule has 1 aliphatic carbocycles. The molecule has 2 aromatic carbocycles. The lowest BCUT2D eigenvalue weighted by Gasteiger charge is -2.26. The molecule has 0 radical (unpaired) electrons. The van der Waals surface area contributed by atoms with E-state index < -0.39 is 0 Å². The highest BCUT2D eigenvalue weighted by Crippen LogP contribution is 2.40. The molecule has 28 heavy (non-hydrogen) atoms. The molecule has 2 heterocycles. The van der Waals surface area contributed by atoms with Crippen molar-refractivity contribution in [2.45, 2.75) is 45.6 Å². The van der Waals surface area contributed by atoms with Gasteiger partial charge < -0.3 is 9.47 Å². The molecule has 3 heteroatoms. The lowest BCUT2D eigenvalue weighted by Crippen LogP contribution is -2.32. The predicted molar refractivity (Wildman–Crippen MR) is 117 cm³/mol. The van der Waals surface area contributed by atoms with E-state index in [2.05, 4.69) is 40.3 Å². The van der Waals surface area contributed by atoms with Crippen molar-refractivity contribution in [2.24, 2.45) is 0 Å². The van der Waals surface area contributed by atoms with Crippen LogP contribution < -0.4 is 0 Å². The first-order valence-electron chi connectivity index (χ1n) is 10.6. The minimum absolute atomic E-state index is 0.133. The van der Waals surface area contributed by atoms with Crippen molar-refractivity contribution in [3.8, 4) is 0 Å². The first-order chi connectivity index (χ1) is 13.6. The Kier molecular flexibility index (Phi) is 4.36. The van der Waals surface area contributed by atoms with Gasteiger partial charge in [-0.15, -0.1) is 0 Å². The van der Waals surface area contributed by atoms with Crippen molar-refractivity contribution < 1.29 is 4.79 Å².